The fourth-order valence-electron chi connectivity index (χ4n) is 1.85. The van der Waals surface area contributed by atoms with Crippen LogP contribution in [0.3, 0.4) is 0 Å². The molecular formula is C13H18N6O3S. The van der Waals surface area contributed by atoms with Crippen molar-refractivity contribution in [1.82, 2.24) is 20.3 Å². The minimum atomic E-state index is -2.14. The van der Waals surface area contributed by atoms with Gasteiger partial charge in [-0.25, -0.2) is 4.21 Å². The molecule has 0 spiro atoms. The third-order valence-corrected chi connectivity index (χ3v) is 3.37. The van der Waals surface area contributed by atoms with E-state index in [9.17, 15) is 9.00 Å². The van der Waals surface area contributed by atoms with Crippen LogP contribution in [0.4, 0.5) is 5.69 Å². The van der Waals surface area contributed by atoms with E-state index in [2.05, 4.69) is 20.4 Å². The zero-order valence-corrected chi connectivity index (χ0v) is 13.1. The Morgan fingerprint density at radius 2 is 2.09 bits per heavy atom. The van der Waals surface area contributed by atoms with E-state index < -0.39 is 11.3 Å². The number of carbonyl (C=O) groups excluding carboxylic acids is 1. The summed E-state index contributed by atoms with van der Waals surface area (Å²) in [6, 6.07) is 6.21. The third-order valence-electron chi connectivity index (χ3n) is 2.96. The number of hydrogen-bond acceptors (Lipinski definition) is 5. The second kappa shape index (κ2) is 8.36. The molecule has 0 saturated heterocycles. The Bertz CT molecular complexity index is 673. The Morgan fingerprint density at radius 1 is 1.35 bits per heavy atom. The highest BCUT2D eigenvalue weighted by Gasteiger charge is 2.07. The van der Waals surface area contributed by atoms with E-state index in [1.807, 2.05) is 0 Å². The number of nitrogens with two attached hydrogens (primary N) is 1. The lowest BCUT2D eigenvalue weighted by molar-refractivity contribution is 0.0950. The van der Waals surface area contributed by atoms with Crippen LogP contribution in [0.15, 0.2) is 30.5 Å². The number of aryl methyl sites for hydroxylation is 1. The molecule has 2 aromatic rings. The number of nitrogens with one attached hydrogen (secondary N) is 2. The van der Waals surface area contributed by atoms with Crippen LogP contribution < -0.4 is 15.8 Å². The average Bonchev–Trinajstić information content (AvgIpc) is 2.98. The first-order valence-electron chi connectivity index (χ1n) is 6.93. The van der Waals surface area contributed by atoms with E-state index in [1.165, 1.54) is 0 Å². The first-order valence-corrected chi connectivity index (χ1v) is 8.04. The zero-order valence-electron chi connectivity index (χ0n) is 12.3. The molecule has 1 aromatic heterocycles. The van der Waals surface area contributed by atoms with Gasteiger partial charge < -0.3 is 11.1 Å². The molecule has 0 aliphatic rings. The molecule has 23 heavy (non-hydrogen) atoms. The van der Waals surface area contributed by atoms with Gasteiger partial charge in [-0.3, -0.25) is 18.8 Å². The summed E-state index contributed by atoms with van der Waals surface area (Å²) in [5.41, 5.74) is 6.98. The predicted molar refractivity (Wildman–Crippen MR) is 85.7 cm³/mol. The molecule has 0 radical (unpaired) electrons. The number of rotatable bonds is 8. The molecule has 0 fully saturated rings. The van der Waals surface area contributed by atoms with E-state index in [4.69, 9.17) is 10.3 Å². The quantitative estimate of drug-likeness (QED) is 0.504. The summed E-state index contributed by atoms with van der Waals surface area (Å²) in [6.07, 6.45) is 2.58. The van der Waals surface area contributed by atoms with Gasteiger partial charge in [-0.05, 0) is 37.2 Å². The van der Waals surface area contributed by atoms with Gasteiger partial charge in [0, 0.05) is 17.8 Å². The van der Waals surface area contributed by atoms with Crippen molar-refractivity contribution in [1.29, 1.82) is 0 Å². The molecule has 1 atom stereocenters. The van der Waals surface area contributed by atoms with Crippen molar-refractivity contribution >= 4 is 22.9 Å². The van der Waals surface area contributed by atoms with Gasteiger partial charge in [0.1, 0.15) is 5.69 Å². The standard InChI is InChI=1S/C13H18N6O3S/c14-6-1-7-19-9-12(16-18-19)8-15-13(20)10-2-4-11(5-3-10)17-23(21)22/h2-5,9,17H,1,6-8,14H2,(H,15,20)(H,21,22). The van der Waals surface area contributed by atoms with E-state index in [0.29, 0.717) is 30.0 Å². The largest absolute Gasteiger partial charge is 0.346 e. The van der Waals surface area contributed by atoms with Crippen molar-refractivity contribution < 1.29 is 13.6 Å². The Kier molecular flexibility index (Phi) is 6.20. The van der Waals surface area contributed by atoms with E-state index >= 15 is 0 Å². The molecule has 1 amide bonds. The number of carbonyl (C=O) groups is 1. The minimum absolute atomic E-state index is 0.266. The van der Waals surface area contributed by atoms with Gasteiger partial charge in [0.05, 0.1) is 12.7 Å². The molecule has 124 valence electrons. The number of benzene rings is 1. The molecule has 9 nitrogen and oxygen atoms in total. The van der Waals surface area contributed by atoms with Crippen LogP contribution in [0.25, 0.3) is 0 Å². The molecule has 1 aromatic carbocycles. The summed E-state index contributed by atoms with van der Waals surface area (Å²) in [5, 5.41) is 10.6. The monoisotopic (exact) mass is 338 g/mol. The van der Waals surface area contributed by atoms with Crippen LogP contribution in [-0.4, -0.2) is 36.2 Å². The summed E-state index contributed by atoms with van der Waals surface area (Å²) < 4.78 is 23.3. The smallest absolute Gasteiger partial charge is 0.259 e. The second-order valence-electron chi connectivity index (χ2n) is 4.73. The van der Waals surface area contributed by atoms with Gasteiger partial charge in [-0.15, -0.1) is 5.10 Å². The average molecular weight is 338 g/mol. The van der Waals surface area contributed by atoms with Crippen molar-refractivity contribution in [2.45, 2.75) is 19.5 Å². The number of aromatic nitrogens is 3. The van der Waals surface area contributed by atoms with Gasteiger partial charge in [0.25, 0.3) is 17.2 Å². The lowest BCUT2D eigenvalue weighted by Crippen LogP contribution is -2.23. The third kappa shape index (κ3) is 5.43. The minimum Gasteiger partial charge on any atom is -0.346 e. The number of nitrogens with zero attached hydrogens (tertiary/aromatic N) is 3. The predicted octanol–water partition coefficient (Wildman–Crippen LogP) is 0.105. The summed E-state index contributed by atoms with van der Waals surface area (Å²) in [6.45, 7) is 1.54. The van der Waals surface area contributed by atoms with Crippen molar-refractivity contribution in [2.24, 2.45) is 5.73 Å². The van der Waals surface area contributed by atoms with Crippen LogP contribution in [0, 0.1) is 0 Å². The maximum absolute atomic E-state index is 12.0. The fraction of sp³-hybridized carbons (Fsp3) is 0.308. The first-order chi connectivity index (χ1) is 11.1. The lowest BCUT2D eigenvalue weighted by atomic mass is 10.2. The van der Waals surface area contributed by atoms with Gasteiger partial charge in [-0.2, -0.15) is 0 Å². The van der Waals surface area contributed by atoms with Crippen LogP contribution in [0.2, 0.25) is 0 Å². The van der Waals surface area contributed by atoms with Crippen molar-refractivity contribution in [3.8, 4) is 0 Å². The number of amides is 1. The van der Waals surface area contributed by atoms with Crippen molar-refractivity contribution in [2.75, 3.05) is 11.3 Å². The topological polar surface area (TPSA) is 135 Å². The maximum Gasteiger partial charge on any atom is 0.259 e. The lowest BCUT2D eigenvalue weighted by Gasteiger charge is -2.05. The van der Waals surface area contributed by atoms with Gasteiger partial charge in [0.2, 0.25) is 0 Å². The highest BCUT2D eigenvalue weighted by molar-refractivity contribution is 7.80. The highest BCUT2D eigenvalue weighted by atomic mass is 32.2. The summed E-state index contributed by atoms with van der Waals surface area (Å²) in [7, 11) is 0. The Morgan fingerprint density at radius 3 is 2.74 bits per heavy atom. The molecule has 1 heterocycles. The van der Waals surface area contributed by atoms with E-state index in [-0.39, 0.29) is 12.5 Å². The molecule has 0 saturated carbocycles. The van der Waals surface area contributed by atoms with Crippen molar-refractivity contribution in [3.05, 3.63) is 41.7 Å². The molecule has 0 aliphatic carbocycles. The number of hydrogen-bond donors (Lipinski definition) is 4. The summed E-state index contributed by atoms with van der Waals surface area (Å²) in [4.78, 5) is 12.0. The molecule has 1 unspecified atom stereocenters. The van der Waals surface area contributed by atoms with Crippen molar-refractivity contribution in [3.63, 3.8) is 0 Å². The van der Waals surface area contributed by atoms with Gasteiger partial charge >= 0.3 is 0 Å². The van der Waals surface area contributed by atoms with Crippen LogP contribution >= 0.6 is 0 Å². The van der Waals surface area contributed by atoms with Gasteiger partial charge in [0.15, 0.2) is 0 Å². The van der Waals surface area contributed by atoms with E-state index in [0.717, 1.165) is 6.42 Å². The second-order valence-corrected chi connectivity index (χ2v) is 5.43. The SMILES string of the molecule is NCCCn1cc(CNC(=O)c2ccc(NS(=O)O)cc2)nn1. The Labute approximate surface area is 135 Å². The normalized spacial score (nSPS) is 11.9. The zero-order chi connectivity index (χ0) is 16.7. The molecular weight excluding hydrogens is 320 g/mol. The van der Waals surface area contributed by atoms with E-state index in [1.54, 1.807) is 35.1 Å². The Hall–Kier alpha value is -2.30. The molecule has 10 heteroatoms. The van der Waals surface area contributed by atoms with Gasteiger partial charge in [-0.1, -0.05) is 5.21 Å². The Balaban J connectivity index is 1.86. The van der Waals surface area contributed by atoms with Crippen LogP contribution in [-0.2, 0) is 24.4 Å². The number of anilines is 1. The fourth-order valence-corrected chi connectivity index (χ4v) is 2.18. The van der Waals surface area contributed by atoms with Crippen LogP contribution in [0.5, 0.6) is 0 Å². The molecule has 2 rings (SSSR count). The molecule has 5 N–H and O–H groups in total. The highest BCUT2D eigenvalue weighted by Crippen LogP contribution is 2.10. The summed E-state index contributed by atoms with van der Waals surface area (Å²) in [5.74, 6) is -0.266. The first kappa shape index (κ1) is 17.1. The van der Waals surface area contributed by atoms with Crippen LogP contribution in [0.1, 0.15) is 22.5 Å². The molecule has 0 aliphatic heterocycles. The maximum atomic E-state index is 12.0. The molecule has 0 bridgehead atoms. The summed E-state index contributed by atoms with van der Waals surface area (Å²) >= 11 is -2.14.